The average Bonchev–Trinajstić information content (AvgIpc) is 2.63. The molecule has 6 heteroatoms. The van der Waals surface area contributed by atoms with Gasteiger partial charge in [0.05, 0.1) is 6.42 Å². The number of carboxylic acid groups (broad SMARTS) is 1. The molecule has 86 valence electrons. The number of nitrogens with one attached hydrogen (secondary N) is 2. The number of hydrogen-bond donors (Lipinski definition) is 3. The fourth-order valence-corrected chi connectivity index (χ4v) is 1.79. The third kappa shape index (κ3) is 1.91. The highest BCUT2D eigenvalue weighted by molar-refractivity contribution is 5.88. The molecular weight excluding hydrogens is 210 g/mol. The van der Waals surface area contributed by atoms with Gasteiger partial charge in [0.1, 0.15) is 5.54 Å². The highest BCUT2D eigenvalue weighted by Crippen LogP contribution is 2.31. The minimum absolute atomic E-state index is 0.134. The molecular formula is C10H13N3O3. The van der Waals surface area contributed by atoms with E-state index in [9.17, 15) is 9.59 Å². The number of carbonyl (C=O) groups is 2. The molecule has 0 saturated heterocycles. The van der Waals surface area contributed by atoms with Crippen LogP contribution >= 0.6 is 0 Å². The van der Waals surface area contributed by atoms with Gasteiger partial charge in [-0.3, -0.25) is 9.89 Å². The summed E-state index contributed by atoms with van der Waals surface area (Å²) in [5.41, 5.74) is -0.353. The summed E-state index contributed by atoms with van der Waals surface area (Å²) in [6, 6.07) is 1.69. The lowest BCUT2D eigenvalue weighted by molar-refractivity contribution is -0.151. The molecule has 1 aromatic rings. The Morgan fingerprint density at radius 1 is 1.56 bits per heavy atom. The molecule has 0 aliphatic heterocycles. The van der Waals surface area contributed by atoms with Crippen LogP contribution in [0.15, 0.2) is 12.3 Å². The van der Waals surface area contributed by atoms with Gasteiger partial charge in [0, 0.05) is 11.9 Å². The van der Waals surface area contributed by atoms with E-state index in [0.717, 1.165) is 6.42 Å². The number of hydrogen-bond acceptors (Lipinski definition) is 3. The van der Waals surface area contributed by atoms with Crippen LogP contribution in [0, 0.1) is 0 Å². The number of carbonyl (C=O) groups excluding carboxylic acids is 1. The summed E-state index contributed by atoms with van der Waals surface area (Å²) in [5.74, 6) is -1.23. The predicted octanol–water partition coefficient (Wildman–Crippen LogP) is 0.0757. The van der Waals surface area contributed by atoms with E-state index < -0.39 is 11.5 Å². The maximum Gasteiger partial charge on any atom is 0.329 e. The number of aromatic amines is 1. The Bertz CT molecular complexity index is 395. The summed E-state index contributed by atoms with van der Waals surface area (Å²) < 4.78 is 0. The Hall–Kier alpha value is -1.85. The highest BCUT2D eigenvalue weighted by atomic mass is 16.4. The van der Waals surface area contributed by atoms with Crippen molar-refractivity contribution >= 4 is 11.9 Å². The van der Waals surface area contributed by atoms with Crippen LogP contribution in [0.25, 0.3) is 0 Å². The number of amides is 1. The Balaban J connectivity index is 1.94. The molecule has 0 spiro atoms. The molecule has 1 amide bonds. The van der Waals surface area contributed by atoms with Crippen molar-refractivity contribution < 1.29 is 14.7 Å². The summed E-state index contributed by atoms with van der Waals surface area (Å²) in [4.78, 5) is 22.6. The van der Waals surface area contributed by atoms with Gasteiger partial charge in [-0.05, 0) is 25.3 Å². The summed E-state index contributed by atoms with van der Waals surface area (Å²) in [6.07, 6.45) is 3.55. The smallest absolute Gasteiger partial charge is 0.329 e. The van der Waals surface area contributed by atoms with E-state index in [4.69, 9.17) is 5.11 Å². The topological polar surface area (TPSA) is 95.1 Å². The molecule has 0 bridgehead atoms. The summed E-state index contributed by atoms with van der Waals surface area (Å²) in [5, 5.41) is 18.0. The van der Waals surface area contributed by atoms with Gasteiger partial charge in [0.2, 0.25) is 5.91 Å². The molecule has 0 radical (unpaired) electrons. The maximum absolute atomic E-state index is 11.6. The second-order valence-corrected chi connectivity index (χ2v) is 4.05. The molecule has 1 aromatic heterocycles. The molecule has 1 saturated carbocycles. The van der Waals surface area contributed by atoms with Crippen LogP contribution in [-0.2, 0) is 16.0 Å². The quantitative estimate of drug-likeness (QED) is 0.673. The van der Waals surface area contributed by atoms with Crippen molar-refractivity contribution in [3.8, 4) is 0 Å². The lowest BCUT2D eigenvalue weighted by atomic mass is 9.76. The molecule has 6 nitrogen and oxygen atoms in total. The van der Waals surface area contributed by atoms with Crippen LogP contribution < -0.4 is 5.32 Å². The van der Waals surface area contributed by atoms with E-state index in [-0.39, 0.29) is 12.3 Å². The van der Waals surface area contributed by atoms with Gasteiger partial charge in [0.25, 0.3) is 0 Å². The third-order valence-electron chi connectivity index (χ3n) is 2.90. The lowest BCUT2D eigenvalue weighted by Gasteiger charge is -2.38. The van der Waals surface area contributed by atoms with E-state index in [0.29, 0.717) is 18.5 Å². The fourth-order valence-electron chi connectivity index (χ4n) is 1.79. The molecule has 1 fully saturated rings. The zero-order valence-electron chi connectivity index (χ0n) is 8.69. The summed E-state index contributed by atoms with van der Waals surface area (Å²) in [7, 11) is 0. The standard InChI is InChI=1S/C10H13N3O3/c14-8(6-7-2-5-11-13-7)12-10(9(15)16)3-1-4-10/h2,5H,1,3-4,6H2,(H,11,13)(H,12,14)(H,15,16). The third-order valence-corrected chi connectivity index (χ3v) is 2.90. The van der Waals surface area contributed by atoms with Crippen molar-refractivity contribution in [3.63, 3.8) is 0 Å². The van der Waals surface area contributed by atoms with Crippen molar-refractivity contribution in [1.82, 2.24) is 15.5 Å². The Morgan fingerprint density at radius 2 is 2.31 bits per heavy atom. The van der Waals surface area contributed by atoms with Gasteiger partial charge in [0.15, 0.2) is 0 Å². The van der Waals surface area contributed by atoms with Crippen molar-refractivity contribution in [2.24, 2.45) is 0 Å². The Morgan fingerprint density at radius 3 is 2.75 bits per heavy atom. The van der Waals surface area contributed by atoms with E-state index in [1.807, 2.05) is 0 Å². The maximum atomic E-state index is 11.6. The van der Waals surface area contributed by atoms with Crippen LogP contribution in [-0.4, -0.2) is 32.7 Å². The van der Waals surface area contributed by atoms with Crippen molar-refractivity contribution in [2.75, 3.05) is 0 Å². The van der Waals surface area contributed by atoms with Crippen LogP contribution in [0.1, 0.15) is 25.0 Å². The first-order valence-corrected chi connectivity index (χ1v) is 5.15. The number of aliphatic carboxylic acids is 1. The monoisotopic (exact) mass is 223 g/mol. The first-order valence-electron chi connectivity index (χ1n) is 5.15. The molecule has 1 aliphatic rings. The molecule has 1 aliphatic carbocycles. The van der Waals surface area contributed by atoms with E-state index in [1.54, 1.807) is 12.3 Å². The predicted molar refractivity (Wildman–Crippen MR) is 54.7 cm³/mol. The molecule has 3 N–H and O–H groups in total. The zero-order chi connectivity index (χ0) is 11.6. The average molecular weight is 223 g/mol. The number of carboxylic acids is 1. The van der Waals surface area contributed by atoms with Gasteiger partial charge >= 0.3 is 5.97 Å². The summed E-state index contributed by atoms with van der Waals surface area (Å²) in [6.45, 7) is 0. The van der Waals surface area contributed by atoms with E-state index in [2.05, 4.69) is 15.5 Å². The number of nitrogens with zero attached hydrogens (tertiary/aromatic N) is 1. The molecule has 16 heavy (non-hydrogen) atoms. The highest BCUT2D eigenvalue weighted by Gasteiger charge is 2.45. The van der Waals surface area contributed by atoms with Gasteiger partial charge in [-0.2, -0.15) is 5.10 Å². The molecule has 1 heterocycles. The van der Waals surface area contributed by atoms with Crippen LogP contribution in [0.2, 0.25) is 0 Å². The molecule has 0 unspecified atom stereocenters. The van der Waals surface area contributed by atoms with Crippen LogP contribution in [0.3, 0.4) is 0 Å². The van der Waals surface area contributed by atoms with E-state index >= 15 is 0 Å². The number of aromatic nitrogens is 2. The lowest BCUT2D eigenvalue weighted by Crippen LogP contribution is -2.59. The minimum atomic E-state index is -1.03. The van der Waals surface area contributed by atoms with Crippen LogP contribution in [0.4, 0.5) is 0 Å². The minimum Gasteiger partial charge on any atom is -0.480 e. The Labute approximate surface area is 92.0 Å². The zero-order valence-corrected chi connectivity index (χ0v) is 8.69. The van der Waals surface area contributed by atoms with Crippen molar-refractivity contribution in [2.45, 2.75) is 31.2 Å². The SMILES string of the molecule is O=C(Cc1ccn[nH]1)NC1(C(=O)O)CCC1. The molecule has 0 aromatic carbocycles. The largest absolute Gasteiger partial charge is 0.480 e. The normalized spacial score (nSPS) is 17.5. The van der Waals surface area contributed by atoms with Gasteiger partial charge in [-0.25, -0.2) is 4.79 Å². The van der Waals surface area contributed by atoms with Crippen molar-refractivity contribution in [3.05, 3.63) is 18.0 Å². The number of rotatable bonds is 4. The van der Waals surface area contributed by atoms with Gasteiger partial charge < -0.3 is 10.4 Å². The molecule has 2 rings (SSSR count). The number of H-pyrrole nitrogens is 1. The van der Waals surface area contributed by atoms with E-state index in [1.165, 1.54) is 0 Å². The molecule has 0 atom stereocenters. The van der Waals surface area contributed by atoms with Gasteiger partial charge in [-0.1, -0.05) is 0 Å². The fraction of sp³-hybridized carbons (Fsp3) is 0.500. The second-order valence-electron chi connectivity index (χ2n) is 4.05. The first kappa shape index (κ1) is 10.7. The summed E-state index contributed by atoms with van der Waals surface area (Å²) >= 11 is 0. The van der Waals surface area contributed by atoms with Crippen LogP contribution in [0.5, 0.6) is 0 Å². The Kier molecular flexibility index (Phi) is 2.64. The second kappa shape index (κ2) is 3.96. The van der Waals surface area contributed by atoms with Crippen molar-refractivity contribution in [1.29, 1.82) is 0 Å². The first-order chi connectivity index (χ1) is 7.62. The van der Waals surface area contributed by atoms with Gasteiger partial charge in [-0.15, -0.1) is 0 Å².